The predicted octanol–water partition coefficient (Wildman–Crippen LogP) is 2.90. The first-order valence-electron chi connectivity index (χ1n) is 10.2. The van der Waals surface area contributed by atoms with E-state index < -0.39 is 5.97 Å². The Labute approximate surface area is 176 Å². The van der Waals surface area contributed by atoms with Crippen LogP contribution in [0.25, 0.3) is 0 Å². The van der Waals surface area contributed by atoms with Crippen molar-refractivity contribution in [3.8, 4) is 0 Å². The van der Waals surface area contributed by atoms with Crippen molar-refractivity contribution in [3.05, 3.63) is 57.9 Å². The van der Waals surface area contributed by atoms with Gasteiger partial charge in [-0.05, 0) is 50.3 Å². The molecular weight excluding hydrogens is 382 g/mol. The van der Waals surface area contributed by atoms with Crippen LogP contribution in [0, 0.1) is 26.7 Å². The average Bonchev–Trinajstić information content (AvgIpc) is 3.05. The molecule has 0 spiro atoms. The zero-order valence-electron chi connectivity index (χ0n) is 18.0. The summed E-state index contributed by atoms with van der Waals surface area (Å²) in [4.78, 5) is 42.5. The summed E-state index contributed by atoms with van der Waals surface area (Å²) in [7, 11) is 1.32. The van der Waals surface area contributed by atoms with E-state index in [9.17, 15) is 14.4 Å². The van der Waals surface area contributed by atoms with Crippen LogP contribution in [0.4, 0.5) is 0 Å². The van der Waals surface area contributed by atoms with E-state index in [0.717, 1.165) is 24.0 Å². The molecule has 2 aromatic rings. The van der Waals surface area contributed by atoms with E-state index in [2.05, 4.69) is 10.3 Å². The van der Waals surface area contributed by atoms with Gasteiger partial charge >= 0.3 is 5.97 Å². The maximum Gasteiger partial charge on any atom is 0.339 e. The topological polar surface area (TPSA) is 91.5 Å². The van der Waals surface area contributed by atoms with Gasteiger partial charge in [0.25, 0.3) is 5.91 Å². The molecule has 1 aromatic carbocycles. The van der Waals surface area contributed by atoms with Crippen LogP contribution in [0.1, 0.15) is 56.1 Å². The van der Waals surface area contributed by atoms with E-state index in [1.165, 1.54) is 7.11 Å². The first-order valence-corrected chi connectivity index (χ1v) is 10.2. The monoisotopic (exact) mass is 411 g/mol. The van der Waals surface area contributed by atoms with E-state index >= 15 is 0 Å². The fraction of sp³-hybridized carbons (Fsp3) is 0.435. The fourth-order valence-electron chi connectivity index (χ4n) is 4.04. The van der Waals surface area contributed by atoms with Crippen molar-refractivity contribution >= 4 is 17.8 Å². The van der Waals surface area contributed by atoms with Gasteiger partial charge in [-0.15, -0.1) is 0 Å². The minimum absolute atomic E-state index is 0.0367. The van der Waals surface area contributed by atoms with Gasteiger partial charge in [0.15, 0.2) is 0 Å². The number of hydrogen-bond donors (Lipinski definition) is 2. The van der Waals surface area contributed by atoms with Crippen molar-refractivity contribution in [2.75, 3.05) is 20.2 Å². The number of esters is 1. The van der Waals surface area contributed by atoms with E-state index in [-0.39, 0.29) is 17.7 Å². The number of carbonyl (C=O) groups is 3. The van der Waals surface area contributed by atoms with Crippen molar-refractivity contribution in [2.45, 2.75) is 40.2 Å². The number of aromatic nitrogens is 1. The minimum Gasteiger partial charge on any atom is -0.465 e. The first kappa shape index (κ1) is 21.6. The highest BCUT2D eigenvalue weighted by atomic mass is 16.5. The largest absolute Gasteiger partial charge is 0.465 e. The van der Waals surface area contributed by atoms with Crippen LogP contribution < -0.4 is 5.32 Å². The van der Waals surface area contributed by atoms with Gasteiger partial charge in [-0.1, -0.05) is 24.3 Å². The van der Waals surface area contributed by atoms with Crippen LogP contribution >= 0.6 is 0 Å². The Morgan fingerprint density at radius 2 is 1.93 bits per heavy atom. The second-order valence-corrected chi connectivity index (χ2v) is 7.85. The molecule has 7 nitrogen and oxygen atoms in total. The van der Waals surface area contributed by atoms with Crippen LogP contribution in [0.5, 0.6) is 0 Å². The molecule has 0 unspecified atom stereocenters. The van der Waals surface area contributed by atoms with Crippen molar-refractivity contribution in [1.82, 2.24) is 15.2 Å². The lowest BCUT2D eigenvalue weighted by Gasteiger charge is -2.32. The number of carbonyl (C=O) groups excluding carboxylic acids is 3. The van der Waals surface area contributed by atoms with Crippen LogP contribution in [-0.2, 0) is 16.1 Å². The van der Waals surface area contributed by atoms with Crippen LogP contribution in [0.15, 0.2) is 24.3 Å². The van der Waals surface area contributed by atoms with E-state index in [1.54, 1.807) is 18.7 Å². The van der Waals surface area contributed by atoms with Crippen LogP contribution in [0.2, 0.25) is 0 Å². The molecule has 1 aromatic heterocycles. The van der Waals surface area contributed by atoms with Crippen molar-refractivity contribution in [1.29, 1.82) is 0 Å². The quantitative estimate of drug-likeness (QED) is 0.740. The third-order valence-electron chi connectivity index (χ3n) is 5.83. The van der Waals surface area contributed by atoms with Crippen LogP contribution in [0.3, 0.4) is 0 Å². The van der Waals surface area contributed by atoms with E-state index in [1.807, 2.05) is 31.2 Å². The summed E-state index contributed by atoms with van der Waals surface area (Å²) in [6.07, 6.45) is 1.51. The smallest absolute Gasteiger partial charge is 0.339 e. The maximum atomic E-state index is 13.1. The fourth-order valence-corrected chi connectivity index (χ4v) is 4.04. The molecule has 1 aliphatic rings. The third-order valence-corrected chi connectivity index (χ3v) is 5.83. The molecule has 1 fully saturated rings. The minimum atomic E-state index is -0.465. The highest BCUT2D eigenvalue weighted by Crippen LogP contribution is 2.23. The summed E-state index contributed by atoms with van der Waals surface area (Å²) < 4.78 is 4.82. The number of ether oxygens (including phenoxy) is 1. The molecule has 30 heavy (non-hydrogen) atoms. The van der Waals surface area contributed by atoms with Gasteiger partial charge in [-0.25, -0.2) is 4.79 Å². The molecule has 160 valence electrons. The van der Waals surface area contributed by atoms with Gasteiger partial charge in [0, 0.05) is 25.3 Å². The summed E-state index contributed by atoms with van der Waals surface area (Å²) in [6.45, 7) is 6.93. The third kappa shape index (κ3) is 4.40. The number of amides is 2. The van der Waals surface area contributed by atoms with Gasteiger partial charge in [0.1, 0.15) is 5.69 Å². The van der Waals surface area contributed by atoms with Crippen molar-refractivity contribution in [3.63, 3.8) is 0 Å². The lowest BCUT2D eigenvalue weighted by molar-refractivity contribution is -0.126. The molecule has 0 radical (unpaired) electrons. The standard InChI is InChI=1S/C23H29N3O4/c1-14-8-5-6-9-17(14)12-24-21(27)18-10-7-11-26(13-18)22(28)20-15(2)19(16(3)25-20)23(29)30-4/h5-6,8-9,18,25H,7,10-13H2,1-4H3,(H,24,27)/t18-/m0/s1. The maximum absolute atomic E-state index is 13.1. The molecule has 0 bridgehead atoms. The lowest BCUT2D eigenvalue weighted by Crippen LogP contribution is -2.45. The van der Waals surface area contributed by atoms with Gasteiger partial charge < -0.3 is 19.9 Å². The number of nitrogens with zero attached hydrogens (tertiary/aromatic N) is 1. The molecule has 0 saturated carbocycles. The molecule has 1 atom stereocenters. The van der Waals surface area contributed by atoms with Gasteiger partial charge in [0.05, 0.1) is 18.6 Å². The van der Waals surface area contributed by atoms with E-state index in [4.69, 9.17) is 4.74 Å². The summed E-state index contributed by atoms with van der Waals surface area (Å²) in [5.74, 6) is -0.942. The molecule has 2 amide bonds. The second-order valence-electron chi connectivity index (χ2n) is 7.85. The summed E-state index contributed by atoms with van der Waals surface area (Å²) in [5.41, 5.74) is 4.18. The zero-order valence-corrected chi connectivity index (χ0v) is 18.0. The Kier molecular flexibility index (Phi) is 6.59. The number of methoxy groups -OCH3 is 1. The van der Waals surface area contributed by atoms with Gasteiger partial charge in [-0.2, -0.15) is 0 Å². The molecule has 3 rings (SSSR count). The first-order chi connectivity index (χ1) is 14.3. The van der Waals surface area contributed by atoms with E-state index in [0.29, 0.717) is 42.1 Å². The average molecular weight is 412 g/mol. The number of H-pyrrole nitrogens is 1. The van der Waals surface area contributed by atoms with Gasteiger partial charge in [-0.3, -0.25) is 9.59 Å². The molecule has 0 aliphatic carbocycles. The molecule has 2 N–H and O–H groups in total. The number of nitrogens with one attached hydrogen (secondary N) is 2. The highest BCUT2D eigenvalue weighted by molar-refractivity contribution is 6.00. The SMILES string of the molecule is COC(=O)c1c(C)[nH]c(C(=O)N2CCC[C@H](C(=O)NCc3ccccc3C)C2)c1C. The van der Waals surface area contributed by atoms with Crippen molar-refractivity contribution in [2.24, 2.45) is 5.92 Å². The normalized spacial score (nSPS) is 16.3. The molecule has 2 heterocycles. The van der Waals surface area contributed by atoms with Gasteiger partial charge in [0.2, 0.25) is 5.91 Å². The summed E-state index contributed by atoms with van der Waals surface area (Å²) in [5, 5.41) is 3.01. The number of aromatic amines is 1. The second kappa shape index (κ2) is 9.15. The summed E-state index contributed by atoms with van der Waals surface area (Å²) in [6, 6.07) is 7.95. The lowest BCUT2D eigenvalue weighted by atomic mass is 9.96. The molecular formula is C23H29N3O4. The molecule has 1 saturated heterocycles. The number of likely N-dealkylation sites (tertiary alicyclic amines) is 1. The molecule has 1 aliphatic heterocycles. The number of benzene rings is 1. The Morgan fingerprint density at radius 1 is 1.20 bits per heavy atom. The number of piperidine rings is 1. The Morgan fingerprint density at radius 3 is 2.63 bits per heavy atom. The number of aryl methyl sites for hydroxylation is 2. The Hall–Kier alpha value is -3.09. The zero-order chi connectivity index (χ0) is 21.8. The Bertz CT molecular complexity index is 963. The number of hydrogen-bond acceptors (Lipinski definition) is 4. The molecule has 7 heteroatoms. The van der Waals surface area contributed by atoms with Crippen LogP contribution in [-0.4, -0.2) is 47.9 Å². The predicted molar refractivity (Wildman–Crippen MR) is 113 cm³/mol. The summed E-state index contributed by atoms with van der Waals surface area (Å²) >= 11 is 0. The van der Waals surface area contributed by atoms with Crippen molar-refractivity contribution < 1.29 is 19.1 Å². The Balaban J connectivity index is 1.67. The number of rotatable bonds is 5. The highest BCUT2D eigenvalue weighted by Gasteiger charge is 2.31.